The van der Waals surface area contributed by atoms with Gasteiger partial charge in [0.15, 0.2) is 0 Å². The van der Waals surface area contributed by atoms with Crippen molar-refractivity contribution in [2.75, 3.05) is 6.61 Å². The van der Waals surface area contributed by atoms with Crippen molar-refractivity contribution >= 4 is 18.0 Å². The van der Waals surface area contributed by atoms with Crippen LogP contribution in [0.1, 0.15) is 35.9 Å². The predicted molar refractivity (Wildman–Crippen MR) is 88.6 cm³/mol. The second kappa shape index (κ2) is 8.57. The first kappa shape index (κ1) is 17.3. The van der Waals surface area contributed by atoms with Crippen molar-refractivity contribution in [3.05, 3.63) is 59.7 Å². The average Bonchev–Trinajstić information content (AvgIpc) is 3.08. The van der Waals surface area contributed by atoms with Crippen molar-refractivity contribution in [3.8, 4) is 5.75 Å². The Kier molecular flexibility index (Phi) is 6.19. The first-order valence-corrected chi connectivity index (χ1v) is 7.63. The fraction of sp³-hybridized carbons (Fsp3) is 0.222. The van der Waals surface area contributed by atoms with Crippen LogP contribution in [0.4, 0.5) is 0 Å². The molecule has 1 amide bonds. The smallest absolute Gasteiger partial charge is 0.352 e. The van der Waals surface area contributed by atoms with Gasteiger partial charge in [0.1, 0.15) is 17.2 Å². The number of rotatable bonds is 8. The van der Waals surface area contributed by atoms with E-state index >= 15 is 0 Å². The number of carbonyl (C=O) groups excluding carboxylic acids is 1. The fourth-order valence-electron chi connectivity index (χ4n) is 1.90. The van der Waals surface area contributed by atoms with Gasteiger partial charge in [-0.05, 0) is 42.8 Å². The molecule has 2 N–H and O–H groups in total. The van der Waals surface area contributed by atoms with E-state index < -0.39 is 11.9 Å². The second-order valence-electron chi connectivity index (χ2n) is 5.06. The minimum atomic E-state index is -1.25. The predicted octanol–water partition coefficient (Wildman–Crippen LogP) is 3.31. The van der Waals surface area contributed by atoms with E-state index in [1.54, 1.807) is 36.4 Å². The van der Waals surface area contributed by atoms with E-state index in [0.717, 1.165) is 12.8 Å². The number of nitrogens with one attached hydrogen (secondary N) is 1. The van der Waals surface area contributed by atoms with Crippen molar-refractivity contribution in [3.63, 3.8) is 0 Å². The first-order chi connectivity index (χ1) is 11.6. The van der Waals surface area contributed by atoms with Crippen LogP contribution in [-0.4, -0.2) is 23.6 Å². The van der Waals surface area contributed by atoms with E-state index in [1.165, 1.54) is 12.3 Å². The molecule has 0 aliphatic carbocycles. The number of furan rings is 1. The zero-order valence-corrected chi connectivity index (χ0v) is 13.3. The van der Waals surface area contributed by atoms with Gasteiger partial charge in [0.25, 0.3) is 5.91 Å². The molecule has 6 nitrogen and oxygen atoms in total. The number of aliphatic carboxylic acids is 1. The zero-order valence-electron chi connectivity index (χ0n) is 13.3. The van der Waals surface area contributed by atoms with Gasteiger partial charge in [0, 0.05) is 11.6 Å². The molecule has 1 aromatic carbocycles. The average molecular weight is 329 g/mol. The summed E-state index contributed by atoms with van der Waals surface area (Å²) in [7, 11) is 0. The summed E-state index contributed by atoms with van der Waals surface area (Å²) in [4.78, 5) is 23.4. The summed E-state index contributed by atoms with van der Waals surface area (Å²) in [6.45, 7) is 2.70. The largest absolute Gasteiger partial charge is 0.494 e. The number of benzene rings is 1. The van der Waals surface area contributed by atoms with Crippen LogP contribution in [0.5, 0.6) is 5.75 Å². The molecule has 0 bridgehead atoms. The monoisotopic (exact) mass is 329 g/mol. The van der Waals surface area contributed by atoms with E-state index in [2.05, 4.69) is 12.2 Å². The van der Waals surface area contributed by atoms with Gasteiger partial charge < -0.3 is 19.6 Å². The van der Waals surface area contributed by atoms with Crippen LogP contribution in [0.25, 0.3) is 6.08 Å². The lowest BCUT2D eigenvalue weighted by molar-refractivity contribution is -0.132. The minimum Gasteiger partial charge on any atom is -0.494 e. The number of amides is 1. The van der Waals surface area contributed by atoms with Crippen LogP contribution in [0, 0.1) is 0 Å². The van der Waals surface area contributed by atoms with E-state index in [4.69, 9.17) is 9.15 Å². The molecule has 0 saturated carbocycles. The lowest BCUT2D eigenvalue weighted by atomic mass is 10.2. The molecule has 1 heterocycles. The molecule has 0 aliphatic rings. The molecular weight excluding hydrogens is 310 g/mol. The Bertz CT molecular complexity index is 702. The van der Waals surface area contributed by atoms with Gasteiger partial charge in [-0.3, -0.25) is 4.79 Å². The molecule has 0 atom stereocenters. The maximum absolute atomic E-state index is 12.2. The summed E-state index contributed by atoms with van der Waals surface area (Å²) in [6.07, 6.45) is 4.68. The molecule has 2 rings (SSSR count). The molecule has 0 spiro atoms. The Morgan fingerprint density at radius 3 is 2.58 bits per heavy atom. The Morgan fingerprint density at radius 1 is 1.25 bits per heavy atom. The van der Waals surface area contributed by atoms with Gasteiger partial charge in [0.2, 0.25) is 0 Å². The SMILES string of the molecule is CCCCOc1ccc(C(=O)NC(=Cc2ccco2)C(=O)O)cc1. The van der Waals surface area contributed by atoms with Crippen molar-refractivity contribution in [2.45, 2.75) is 19.8 Å². The summed E-state index contributed by atoms with van der Waals surface area (Å²) in [5.74, 6) is -0.758. The number of hydrogen-bond acceptors (Lipinski definition) is 4. The molecule has 1 aromatic heterocycles. The lowest BCUT2D eigenvalue weighted by Gasteiger charge is -2.08. The second-order valence-corrected chi connectivity index (χ2v) is 5.06. The fourth-order valence-corrected chi connectivity index (χ4v) is 1.90. The highest BCUT2D eigenvalue weighted by molar-refractivity contribution is 6.02. The molecule has 0 aliphatic heterocycles. The van der Waals surface area contributed by atoms with Gasteiger partial charge in [-0.15, -0.1) is 0 Å². The lowest BCUT2D eigenvalue weighted by Crippen LogP contribution is -2.27. The maximum Gasteiger partial charge on any atom is 0.352 e. The van der Waals surface area contributed by atoms with Gasteiger partial charge in [-0.25, -0.2) is 4.79 Å². The Balaban J connectivity index is 2.03. The molecule has 2 aromatic rings. The molecule has 0 fully saturated rings. The number of hydrogen-bond donors (Lipinski definition) is 2. The van der Waals surface area contributed by atoms with Crippen LogP contribution >= 0.6 is 0 Å². The van der Waals surface area contributed by atoms with Crippen LogP contribution < -0.4 is 10.1 Å². The summed E-state index contributed by atoms with van der Waals surface area (Å²) < 4.78 is 10.6. The molecule has 0 radical (unpaired) electrons. The molecular formula is C18H19NO5. The Labute approximate surface area is 139 Å². The van der Waals surface area contributed by atoms with Crippen molar-refractivity contribution in [1.29, 1.82) is 0 Å². The molecule has 126 valence electrons. The standard InChI is InChI=1S/C18H19NO5/c1-2-3-10-23-14-8-6-13(7-9-14)17(20)19-16(18(21)22)12-15-5-4-11-24-15/h4-9,11-12H,2-3,10H2,1H3,(H,19,20)(H,21,22). The molecule has 24 heavy (non-hydrogen) atoms. The summed E-state index contributed by atoms with van der Waals surface area (Å²) in [6, 6.07) is 9.76. The first-order valence-electron chi connectivity index (χ1n) is 7.63. The number of unbranched alkanes of at least 4 members (excludes halogenated alkanes) is 1. The third-order valence-corrected chi connectivity index (χ3v) is 3.19. The van der Waals surface area contributed by atoms with Gasteiger partial charge in [-0.1, -0.05) is 13.3 Å². The van der Waals surface area contributed by atoms with Crippen LogP contribution in [0.2, 0.25) is 0 Å². The van der Waals surface area contributed by atoms with Crippen LogP contribution in [-0.2, 0) is 4.79 Å². The van der Waals surface area contributed by atoms with E-state index in [1.807, 2.05) is 0 Å². The summed E-state index contributed by atoms with van der Waals surface area (Å²) >= 11 is 0. The van der Waals surface area contributed by atoms with Crippen molar-refractivity contribution in [1.82, 2.24) is 5.32 Å². The molecule has 0 unspecified atom stereocenters. The maximum atomic E-state index is 12.2. The molecule has 6 heteroatoms. The highest BCUT2D eigenvalue weighted by Gasteiger charge is 2.14. The summed E-state index contributed by atoms with van der Waals surface area (Å²) in [5.41, 5.74) is 0.0719. The van der Waals surface area contributed by atoms with Crippen LogP contribution in [0.15, 0.2) is 52.8 Å². The number of carbonyl (C=O) groups is 2. The Hall–Kier alpha value is -3.02. The van der Waals surface area contributed by atoms with Crippen LogP contribution in [0.3, 0.4) is 0 Å². The number of ether oxygens (including phenoxy) is 1. The van der Waals surface area contributed by atoms with Gasteiger partial charge in [-0.2, -0.15) is 0 Å². The van der Waals surface area contributed by atoms with Crippen molar-refractivity contribution in [2.24, 2.45) is 0 Å². The Morgan fingerprint density at radius 2 is 2.00 bits per heavy atom. The third kappa shape index (κ3) is 5.01. The summed E-state index contributed by atoms with van der Waals surface area (Å²) in [5, 5.41) is 11.6. The third-order valence-electron chi connectivity index (χ3n) is 3.19. The van der Waals surface area contributed by atoms with Gasteiger partial charge >= 0.3 is 5.97 Å². The zero-order chi connectivity index (χ0) is 17.4. The number of carboxylic acid groups (broad SMARTS) is 1. The van der Waals surface area contributed by atoms with E-state index in [9.17, 15) is 14.7 Å². The normalized spacial score (nSPS) is 11.1. The van der Waals surface area contributed by atoms with Crippen molar-refractivity contribution < 1.29 is 23.8 Å². The topological polar surface area (TPSA) is 88.8 Å². The van der Waals surface area contributed by atoms with E-state index in [-0.39, 0.29) is 5.70 Å². The van der Waals surface area contributed by atoms with E-state index in [0.29, 0.717) is 23.7 Å². The quantitative estimate of drug-likeness (QED) is 0.573. The highest BCUT2D eigenvalue weighted by atomic mass is 16.5. The van der Waals surface area contributed by atoms with Gasteiger partial charge in [0.05, 0.1) is 12.9 Å². The minimum absolute atomic E-state index is 0.266. The highest BCUT2D eigenvalue weighted by Crippen LogP contribution is 2.13. The molecule has 0 saturated heterocycles. The number of carboxylic acids is 1.